The lowest BCUT2D eigenvalue weighted by Gasteiger charge is -2.32. The van der Waals surface area contributed by atoms with Crippen molar-refractivity contribution in [2.75, 3.05) is 32.6 Å². The predicted octanol–water partition coefficient (Wildman–Crippen LogP) is 0.140. The summed E-state index contributed by atoms with van der Waals surface area (Å²) < 4.78 is 36.4. The molecule has 0 bridgehead atoms. The Hall–Kier alpha value is -1.64. The number of carbonyl (C=O) groups excluding carboxylic acids is 1. The van der Waals surface area contributed by atoms with Gasteiger partial charge in [0.25, 0.3) is 0 Å². The number of hydrogen-bond donors (Lipinski definition) is 1. The number of carbonyl (C=O) groups is 1. The second-order valence-corrected chi connectivity index (χ2v) is 6.63. The van der Waals surface area contributed by atoms with E-state index in [9.17, 15) is 13.2 Å². The SMILES string of the molecule is COC(=O)C1COCCN1S(=O)(=O)c1ccc(C)cc1N. The quantitative estimate of drug-likeness (QED) is 0.629. The number of sulfonamides is 1. The highest BCUT2D eigenvalue weighted by Gasteiger charge is 2.39. The van der Waals surface area contributed by atoms with Crippen LogP contribution in [0.5, 0.6) is 0 Å². The first-order valence-electron chi connectivity index (χ1n) is 6.41. The Kier molecular flexibility index (Phi) is 4.50. The summed E-state index contributed by atoms with van der Waals surface area (Å²) in [7, 11) is -2.68. The van der Waals surface area contributed by atoms with Crippen molar-refractivity contribution >= 4 is 21.7 Å². The van der Waals surface area contributed by atoms with Crippen LogP contribution in [0.4, 0.5) is 5.69 Å². The van der Waals surface area contributed by atoms with E-state index in [2.05, 4.69) is 4.74 Å². The predicted molar refractivity (Wildman–Crippen MR) is 76.1 cm³/mol. The van der Waals surface area contributed by atoms with Gasteiger partial charge in [0, 0.05) is 6.54 Å². The molecule has 1 atom stereocenters. The number of methoxy groups -OCH3 is 1. The third kappa shape index (κ3) is 3.02. The van der Waals surface area contributed by atoms with Crippen molar-refractivity contribution in [1.82, 2.24) is 4.31 Å². The van der Waals surface area contributed by atoms with Crippen molar-refractivity contribution in [2.24, 2.45) is 0 Å². The van der Waals surface area contributed by atoms with Gasteiger partial charge in [-0.1, -0.05) is 6.07 Å². The monoisotopic (exact) mass is 314 g/mol. The Morgan fingerprint density at radius 1 is 1.48 bits per heavy atom. The summed E-state index contributed by atoms with van der Waals surface area (Å²) in [6.45, 7) is 2.09. The fourth-order valence-electron chi connectivity index (χ4n) is 2.23. The topological polar surface area (TPSA) is 98.9 Å². The van der Waals surface area contributed by atoms with Crippen LogP contribution >= 0.6 is 0 Å². The Balaban J connectivity index is 2.43. The molecule has 1 aromatic carbocycles. The summed E-state index contributed by atoms with van der Waals surface area (Å²) in [5.41, 5.74) is 6.83. The van der Waals surface area contributed by atoms with E-state index in [0.717, 1.165) is 9.87 Å². The molecule has 1 heterocycles. The molecule has 8 heteroatoms. The molecule has 21 heavy (non-hydrogen) atoms. The van der Waals surface area contributed by atoms with Gasteiger partial charge in [-0.2, -0.15) is 4.31 Å². The van der Waals surface area contributed by atoms with Crippen LogP contribution in [0.2, 0.25) is 0 Å². The molecular formula is C13H18N2O5S. The number of esters is 1. The number of nitrogen functional groups attached to an aromatic ring is 1. The highest BCUT2D eigenvalue weighted by Crippen LogP contribution is 2.26. The molecule has 7 nitrogen and oxygen atoms in total. The number of anilines is 1. The van der Waals surface area contributed by atoms with E-state index in [1.165, 1.54) is 13.2 Å². The Labute approximate surface area is 123 Å². The highest BCUT2D eigenvalue weighted by molar-refractivity contribution is 7.89. The standard InChI is InChI=1S/C13H18N2O5S/c1-9-3-4-12(10(14)7-9)21(17,18)15-5-6-20-8-11(15)13(16)19-2/h3-4,7,11H,5-6,8,14H2,1-2H3. The minimum Gasteiger partial charge on any atom is -0.468 e. The smallest absolute Gasteiger partial charge is 0.326 e. The summed E-state index contributed by atoms with van der Waals surface area (Å²) in [5, 5.41) is 0. The van der Waals surface area contributed by atoms with Crippen molar-refractivity contribution in [3.05, 3.63) is 23.8 Å². The minimum atomic E-state index is -3.89. The lowest BCUT2D eigenvalue weighted by Crippen LogP contribution is -2.52. The number of aryl methyl sites for hydroxylation is 1. The van der Waals surface area contributed by atoms with Gasteiger partial charge in [0.2, 0.25) is 10.0 Å². The summed E-state index contributed by atoms with van der Waals surface area (Å²) in [5.74, 6) is -0.649. The number of nitrogens with zero attached hydrogens (tertiary/aromatic N) is 1. The third-order valence-corrected chi connectivity index (χ3v) is 5.29. The van der Waals surface area contributed by atoms with E-state index in [0.29, 0.717) is 0 Å². The maximum Gasteiger partial charge on any atom is 0.326 e. The molecule has 0 radical (unpaired) electrons. The highest BCUT2D eigenvalue weighted by atomic mass is 32.2. The van der Waals surface area contributed by atoms with E-state index < -0.39 is 22.0 Å². The molecule has 0 saturated carbocycles. The lowest BCUT2D eigenvalue weighted by atomic mass is 10.2. The van der Waals surface area contributed by atoms with Crippen LogP contribution in [0.25, 0.3) is 0 Å². The number of nitrogens with two attached hydrogens (primary N) is 1. The van der Waals surface area contributed by atoms with Crippen LogP contribution in [-0.4, -0.2) is 51.6 Å². The van der Waals surface area contributed by atoms with E-state index in [-0.39, 0.29) is 30.3 Å². The average molecular weight is 314 g/mol. The van der Waals surface area contributed by atoms with Crippen LogP contribution < -0.4 is 5.73 Å². The van der Waals surface area contributed by atoms with Gasteiger partial charge in [0.05, 0.1) is 26.0 Å². The van der Waals surface area contributed by atoms with Gasteiger partial charge < -0.3 is 15.2 Å². The first-order chi connectivity index (χ1) is 9.87. The van der Waals surface area contributed by atoms with Gasteiger partial charge >= 0.3 is 5.97 Å². The Morgan fingerprint density at radius 3 is 2.81 bits per heavy atom. The molecule has 0 aliphatic carbocycles. The van der Waals surface area contributed by atoms with Gasteiger partial charge in [0.1, 0.15) is 10.9 Å². The van der Waals surface area contributed by atoms with Crippen LogP contribution in [-0.2, 0) is 24.3 Å². The molecule has 0 spiro atoms. The fraction of sp³-hybridized carbons (Fsp3) is 0.462. The van der Waals surface area contributed by atoms with Crippen molar-refractivity contribution in [2.45, 2.75) is 17.9 Å². The molecule has 0 amide bonds. The first-order valence-corrected chi connectivity index (χ1v) is 7.85. The van der Waals surface area contributed by atoms with Crippen LogP contribution in [0.15, 0.2) is 23.1 Å². The Morgan fingerprint density at radius 2 is 2.19 bits per heavy atom. The maximum absolute atomic E-state index is 12.7. The van der Waals surface area contributed by atoms with Crippen LogP contribution in [0.3, 0.4) is 0 Å². The second kappa shape index (κ2) is 6.00. The lowest BCUT2D eigenvalue weighted by molar-refractivity contribution is -0.149. The summed E-state index contributed by atoms with van der Waals surface area (Å²) in [6, 6.07) is 3.70. The Bertz CT molecular complexity index is 644. The zero-order chi connectivity index (χ0) is 15.6. The third-order valence-electron chi connectivity index (χ3n) is 3.30. The molecule has 1 fully saturated rings. The van der Waals surface area contributed by atoms with Gasteiger partial charge in [-0.25, -0.2) is 8.42 Å². The number of benzene rings is 1. The number of morpholine rings is 1. The molecular weight excluding hydrogens is 296 g/mol. The summed E-state index contributed by atoms with van der Waals surface area (Å²) in [4.78, 5) is 11.7. The number of ether oxygens (including phenoxy) is 2. The average Bonchev–Trinajstić information content (AvgIpc) is 2.46. The molecule has 1 saturated heterocycles. The van der Waals surface area contributed by atoms with Gasteiger partial charge in [-0.3, -0.25) is 4.79 Å². The molecule has 1 aromatic rings. The van der Waals surface area contributed by atoms with E-state index >= 15 is 0 Å². The van der Waals surface area contributed by atoms with Gasteiger partial charge in [-0.15, -0.1) is 0 Å². The number of hydrogen-bond acceptors (Lipinski definition) is 6. The van der Waals surface area contributed by atoms with E-state index in [4.69, 9.17) is 10.5 Å². The zero-order valence-corrected chi connectivity index (χ0v) is 12.7. The van der Waals surface area contributed by atoms with Crippen molar-refractivity contribution < 1.29 is 22.7 Å². The maximum atomic E-state index is 12.7. The summed E-state index contributed by atoms with van der Waals surface area (Å²) in [6.07, 6.45) is 0. The van der Waals surface area contributed by atoms with Crippen molar-refractivity contribution in [3.8, 4) is 0 Å². The van der Waals surface area contributed by atoms with Gasteiger partial charge in [0.15, 0.2) is 0 Å². The van der Waals surface area contributed by atoms with Crippen molar-refractivity contribution in [3.63, 3.8) is 0 Å². The van der Waals surface area contributed by atoms with Gasteiger partial charge in [-0.05, 0) is 24.6 Å². The minimum absolute atomic E-state index is 0.0103. The van der Waals surface area contributed by atoms with E-state index in [1.807, 2.05) is 6.92 Å². The van der Waals surface area contributed by atoms with Crippen molar-refractivity contribution in [1.29, 1.82) is 0 Å². The van der Waals surface area contributed by atoms with Crippen LogP contribution in [0, 0.1) is 6.92 Å². The van der Waals surface area contributed by atoms with E-state index in [1.54, 1.807) is 12.1 Å². The molecule has 0 aromatic heterocycles. The normalized spacial score (nSPS) is 20.2. The molecule has 1 aliphatic rings. The molecule has 2 N–H and O–H groups in total. The molecule has 1 unspecified atom stereocenters. The first kappa shape index (κ1) is 15.7. The summed E-state index contributed by atoms with van der Waals surface area (Å²) >= 11 is 0. The molecule has 116 valence electrons. The zero-order valence-electron chi connectivity index (χ0n) is 11.9. The fourth-order valence-corrected chi connectivity index (χ4v) is 3.87. The van der Waals surface area contributed by atoms with Crippen LogP contribution in [0.1, 0.15) is 5.56 Å². The largest absolute Gasteiger partial charge is 0.468 e. The number of rotatable bonds is 3. The molecule has 1 aliphatic heterocycles. The second-order valence-electron chi connectivity index (χ2n) is 4.77. The molecule has 2 rings (SSSR count).